The van der Waals surface area contributed by atoms with E-state index in [9.17, 15) is 13.0 Å². The fraction of sp³-hybridized carbons (Fsp3) is 0.235. The lowest BCUT2D eigenvalue weighted by Crippen LogP contribution is -2.01. The highest BCUT2D eigenvalue weighted by atomic mass is 35.5. The van der Waals surface area contributed by atoms with Crippen LogP contribution in [0, 0.1) is 0 Å². The number of aromatic nitrogens is 4. The number of fused-ring (bicyclic) bond motifs is 6. The van der Waals surface area contributed by atoms with Gasteiger partial charge in [0.05, 0.1) is 39.3 Å². The van der Waals surface area contributed by atoms with Gasteiger partial charge in [-0.25, -0.2) is 9.36 Å². The molecular weight excluding hydrogens is 814 g/mol. The lowest BCUT2D eigenvalue weighted by Gasteiger charge is -2.06. The second-order valence-electron chi connectivity index (χ2n) is 11.8. The number of ether oxygens (including phenoxy) is 2. The number of thiophene rings is 2. The molecule has 0 spiro atoms. The van der Waals surface area contributed by atoms with Crippen LogP contribution in [0.1, 0.15) is 37.1 Å². The zero-order chi connectivity index (χ0) is 36.1. The van der Waals surface area contributed by atoms with Crippen LogP contribution in [0.3, 0.4) is 0 Å². The van der Waals surface area contributed by atoms with Crippen LogP contribution >= 0.6 is 69.1 Å². The maximum Gasteiger partial charge on any atom is 0.304 e. The van der Waals surface area contributed by atoms with E-state index in [4.69, 9.17) is 74.9 Å². The van der Waals surface area contributed by atoms with Gasteiger partial charge < -0.3 is 18.3 Å². The molecule has 270 valence electrons. The maximum absolute atomic E-state index is 11.8. The molecule has 0 fully saturated rings. The smallest absolute Gasteiger partial charge is 0.304 e. The zero-order valence-electron chi connectivity index (χ0n) is 26.8. The summed E-state index contributed by atoms with van der Waals surface area (Å²) in [5.41, 5.74) is 6.06. The largest absolute Gasteiger partial charge is 0.451 e. The van der Waals surface area contributed by atoms with Crippen LogP contribution in [0.5, 0.6) is 0 Å². The van der Waals surface area contributed by atoms with Crippen LogP contribution in [0.15, 0.2) is 67.0 Å². The van der Waals surface area contributed by atoms with Gasteiger partial charge in [-0.1, -0.05) is 59.2 Å². The van der Waals surface area contributed by atoms with E-state index in [2.05, 4.69) is 0 Å². The van der Waals surface area contributed by atoms with Gasteiger partial charge in [-0.15, -0.1) is 22.7 Å². The van der Waals surface area contributed by atoms with Gasteiger partial charge in [-0.2, -0.15) is 18.6 Å². The van der Waals surface area contributed by atoms with Crippen LogP contribution in [0.25, 0.3) is 54.1 Å². The van der Waals surface area contributed by atoms with E-state index >= 15 is 0 Å². The molecule has 18 heteroatoms. The van der Waals surface area contributed by atoms with Gasteiger partial charge in [0.25, 0.3) is 0 Å². The van der Waals surface area contributed by atoms with Crippen molar-refractivity contribution in [1.82, 2.24) is 19.6 Å². The summed E-state index contributed by atoms with van der Waals surface area (Å²) in [5.74, 6) is 0. The number of unbranched alkanes of at least 4 members (excludes halogenated alkanes) is 3. The van der Waals surface area contributed by atoms with E-state index in [1.807, 2.05) is 17.5 Å². The van der Waals surface area contributed by atoms with Crippen molar-refractivity contribution in [2.75, 3.05) is 13.2 Å². The second-order valence-corrected chi connectivity index (χ2v) is 17.1. The Morgan fingerprint density at radius 1 is 0.712 bits per heavy atom. The molecule has 0 aliphatic rings. The third kappa shape index (κ3) is 6.86. The topological polar surface area (TPSA) is 135 Å². The van der Waals surface area contributed by atoms with E-state index in [1.165, 1.54) is 6.07 Å². The summed E-state index contributed by atoms with van der Waals surface area (Å²) >= 11 is 27.8. The third-order valence-corrected chi connectivity index (χ3v) is 12.7. The van der Waals surface area contributed by atoms with E-state index < -0.39 is 10.1 Å². The SMILES string of the molecule is O=S(=O)(O)c1cc2oc3c(COCCCCCCOCc4nn(-c5ccc(Cl)cc5Cl)c5c4oc4ccsc45)nn(-c4ccc(Cl)cc4Cl)c3c2s1. The highest BCUT2D eigenvalue weighted by Crippen LogP contribution is 2.41. The van der Waals surface area contributed by atoms with Gasteiger partial charge in [0, 0.05) is 29.3 Å². The highest BCUT2D eigenvalue weighted by Gasteiger charge is 2.26. The molecule has 8 rings (SSSR count). The number of halogens is 4. The quantitative estimate of drug-likeness (QED) is 0.0838. The van der Waals surface area contributed by atoms with Crippen molar-refractivity contribution >= 4 is 122 Å². The van der Waals surface area contributed by atoms with Gasteiger partial charge in [-0.3, -0.25) is 4.55 Å². The Labute approximate surface area is 323 Å². The Hall–Kier alpha value is -3.15. The molecule has 0 amide bonds. The number of rotatable bonds is 14. The zero-order valence-corrected chi connectivity index (χ0v) is 32.2. The summed E-state index contributed by atoms with van der Waals surface area (Å²) in [7, 11) is -4.42. The minimum absolute atomic E-state index is 0.163. The fourth-order valence-electron chi connectivity index (χ4n) is 5.95. The van der Waals surface area contributed by atoms with Gasteiger partial charge in [0.1, 0.15) is 38.3 Å². The van der Waals surface area contributed by atoms with Gasteiger partial charge in [-0.05, 0) is 60.7 Å². The van der Waals surface area contributed by atoms with Crippen LogP contribution in [0.2, 0.25) is 20.1 Å². The molecule has 52 heavy (non-hydrogen) atoms. The summed E-state index contributed by atoms with van der Waals surface area (Å²) < 4.78 is 62.0. The molecule has 0 atom stereocenters. The standard InChI is InChI=1S/C34H26Cl4N4O7S3/c35-18-5-7-24(20(37)13-18)41-29-31(48-26-9-12-50-33(26)29)22(39-41)16-46-10-3-1-2-4-11-47-17-23-32-30(34-27(49-32)15-28(51-34)52(43,44)45)42(40-23)25-8-6-19(36)14-21(25)38/h5-9,12-15H,1-4,10-11,16-17H2,(H,43,44,45). The molecular formula is C34H26Cl4N4O7S3. The van der Waals surface area contributed by atoms with Crippen molar-refractivity contribution < 1.29 is 31.3 Å². The summed E-state index contributed by atoms with van der Waals surface area (Å²) in [6, 6.07) is 13.5. The van der Waals surface area contributed by atoms with Crippen LogP contribution in [0.4, 0.5) is 0 Å². The predicted molar refractivity (Wildman–Crippen MR) is 205 cm³/mol. The Balaban J connectivity index is 0.859. The van der Waals surface area contributed by atoms with Crippen molar-refractivity contribution in [2.24, 2.45) is 0 Å². The Bertz CT molecular complexity index is 2710. The first-order valence-electron chi connectivity index (χ1n) is 15.9. The summed E-state index contributed by atoms with van der Waals surface area (Å²) in [4.78, 5) is 0. The van der Waals surface area contributed by atoms with Crippen LogP contribution < -0.4 is 0 Å². The number of nitrogens with zero attached hydrogens (tertiary/aromatic N) is 4. The molecule has 0 saturated carbocycles. The van der Waals surface area contributed by atoms with Crippen molar-refractivity contribution in [2.45, 2.75) is 43.1 Å². The Morgan fingerprint density at radius 2 is 1.25 bits per heavy atom. The molecule has 2 aromatic carbocycles. The first-order chi connectivity index (χ1) is 25.1. The third-order valence-electron chi connectivity index (χ3n) is 8.31. The van der Waals surface area contributed by atoms with Crippen molar-refractivity contribution in [3.63, 3.8) is 0 Å². The van der Waals surface area contributed by atoms with E-state index in [0.29, 0.717) is 89.6 Å². The average molecular weight is 841 g/mol. The molecule has 0 saturated heterocycles. The second kappa shape index (κ2) is 14.6. The normalized spacial score (nSPS) is 12.5. The van der Waals surface area contributed by atoms with Gasteiger partial charge in [0.2, 0.25) is 0 Å². The van der Waals surface area contributed by atoms with Gasteiger partial charge in [0.15, 0.2) is 15.4 Å². The highest BCUT2D eigenvalue weighted by molar-refractivity contribution is 7.88. The number of hydrogen-bond donors (Lipinski definition) is 1. The Morgan fingerprint density at radius 3 is 1.79 bits per heavy atom. The van der Waals surface area contributed by atoms with Gasteiger partial charge >= 0.3 is 10.1 Å². The van der Waals surface area contributed by atoms with Crippen LogP contribution in [-0.2, 0) is 32.8 Å². The Kier molecular flexibility index (Phi) is 10.1. The summed E-state index contributed by atoms with van der Waals surface area (Å²) in [5, 5.41) is 13.3. The molecule has 0 bridgehead atoms. The molecule has 0 aliphatic heterocycles. The number of hydrogen-bond acceptors (Lipinski definition) is 10. The van der Waals surface area contributed by atoms with Crippen molar-refractivity contribution in [1.29, 1.82) is 0 Å². The molecule has 6 heterocycles. The summed E-state index contributed by atoms with van der Waals surface area (Å²) in [6.07, 6.45) is 3.57. The first-order valence-corrected chi connectivity index (χ1v) is 20.6. The lowest BCUT2D eigenvalue weighted by molar-refractivity contribution is 0.106. The first kappa shape index (κ1) is 35.9. The number of furan rings is 2. The van der Waals surface area contributed by atoms with E-state index in [0.717, 1.165) is 52.8 Å². The lowest BCUT2D eigenvalue weighted by atomic mass is 10.2. The summed E-state index contributed by atoms with van der Waals surface area (Å²) in [6.45, 7) is 1.51. The molecule has 6 aromatic heterocycles. The minimum Gasteiger partial charge on any atom is -0.451 e. The molecule has 0 aliphatic carbocycles. The van der Waals surface area contributed by atoms with Crippen molar-refractivity contribution in [3.05, 3.63) is 85.4 Å². The average Bonchev–Trinajstić information content (AvgIpc) is 3.92. The minimum atomic E-state index is -4.42. The van der Waals surface area contributed by atoms with Crippen molar-refractivity contribution in [3.8, 4) is 11.4 Å². The van der Waals surface area contributed by atoms with E-state index in [1.54, 1.807) is 51.0 Å². The maximum atomic E-state index is 11.8. The van der Waals surface area contributed by atoms with E-state index in [-0.39, 0.29) is 10.8 Å². The molecule has 0 unspecified atom stereocenters. The van der Waals surface area contributed by atoms with Crippen LogP contribution in [-0.4, -0.2) is 45.7 Å². The fourth-order valence-corrected chi connectivity index (χ4v) is 9.54. The molecule has 8 aromatic rings. The molecule has 11 nitrogen and oxygen atoms in total. The molecule has 1 N–H and O–H groups in total. The number of benzene rings is 2. The predicted octanol–water partition coefficient (Wildman–Crippen LogP) is 11.1. The molecule has 0 radical (unpaired) electrons. The monoisotopic (exact) mass is 838 g/mol.